The molecule has 2 aliphatic rings. The van der Waals surface area contributed by atoms with E-state index in [9.17, 15) is 43.5 Å². The number of nitrogens with two attached hydrogens (primary N) is 4. The van der Waals surface area contributed by atoms with Crippen LogP contribution in [0.5, 0.6) is 0 Å². The number of aliphatic hydroxyl groups is 1. The van der Waals surface area contributed by atoms with Crippen LogP contribution in [0.25, 0.3) is 0 Å². The molecule has 340 valence electrons. The average molecular weight is 850 g/mol. The molecule has 0 aromatic carbocycles. The number of rotatable bonds is 25. The Labute approximate surface area is 353 Å². The summed E-state index contributed by atoms with van der Waals surface area (Å²) < 4.78 is 0. The van der Waals surface area contributed by atoms with Gasteiger partial charge in [0.2, 0.25) is 47.3 Å². The molecule has 8 amide bonds. The minimum absolute atomic E-state index is 0.0193. The minimum atomic E-state index is -1.52. The molecule has 2 fully saturated rings. The van der Waals surface area contributed by atoms with Crippen LogP contribution in [0.1, 0.15) is 125 Å². The van der Waals surface area contributed by atoms with E-state index in [0.717, 1.165) is 32.1 Å². The summed E-state index contributed by atoms with van der Waals surface area (Å²) in [6, 6.07) is -7.40. The number of amides is 8. The van der Waals surface area contributed by atoms with Gasteiger partial charge in [-0.05, 0) is 69.6 Å². The van der Waals surface area contributed by atoms with E-state index in [1.165, 1.54) is 18.2 Å². The third-order valence-corrected chi connectivity index (χ3v) is 10.7. The van der Waals surface area contributed by atoms with Crippen molar-refractivity contribution in [2.24, 2.45) is 45.7 Å². The van der Waals surface area contributed by atoms with Gasteiger partial charge < -0.3 is 59.5 Å². The van der Waals surface area contributed by atoms with Gasteiger partial charge in [0.25, 0.3) is 0 Å². The van der Waals surface area contributed by atoms with Gasteiger partial charge in [-0.3, -0.25) is 43.3 Å². The van der Waals surface area contributed by atoms with Crippen LogP contribution in [0.3, 0.4) is 0 Å². The number of hydrogen-bond donors (Lipinski definition) is 10. The van der Waals surface area contributed by atoms with Crippen LogP contribution >= 0.6 is 0 Å². The Bertz CT molecular complexity index is 1510. The van der Waals surface area contributed by atoms with Crippen molar-refractivity contribution in [1.29, 1.82) is 0 Å². The molecule has 1 saturated heterocycles. The molecule has 0 spiro atoms. The molecule has 20 heteroatoms. The zero-order chi connectivity index (χ0) is 45.1. The maximum atomic E-state index is 14.1. The summed E-state index contributed by atoms with van der Waals surface area (Å²) in [4.78, 5) is 110. The lowest BCUT2D eigenvalue weighted by Crippen LogP contribution is -2.61. The summed E-state index contributed by atoms with van der Waals surface area (Å²) in [6.45, 7) is 9.05. The van der Waals surface area contributed by atoms with Crippen LogP contribution in [0.15, 0.2) is 4.99 Å². The lowest BCUT2D eigenvalue weighted by molar-refractivity contribution is -0.144. The van der Waals surface area contributed by atoms with E-state index in [1.54, 1.807) is 0 Å². The molecule has 2 rings (SSSR count). The molecule has 0 radical (unpaired) electrons. The third kappa shape index (κ3) is 18.1. The maximum Gasteiger partial charge on any atom is 0.248 e. The van der Waals surface area contributed by atoms with Crippen molar-refractivity contribution in [1.82, 2.24) is 31.5 Å². The highest BCUT2D eigenvalue weighted by Crippen LogP contribution is 2.27. The predicted molar refractivity (Wildman–Crippen MR) is 224 cm³/mol. The second-order valence-corrected chi connectivity index (χ2v) is 17.0. The van der Waals surface area contributed by atoms with Crippen LogP contribution < -0.4 is 49.5 Å². The molecule has 0 aromatic rings. The van der Waals surface area contributed by atoms with Crippen LogP contribution in [-0.2, 0) is 38.4 Å². The highest BCUT2D eigenvalue weighted by Gasteiger charge is 2.41. The molecule has 7 atom stereocenters. The summed E-state index contributed by atoms with van der Waals surface area (Å²) in [5, 5.41) is 24.0. The van der Waals surface area contributed by atoms with Gasteiger partial charge in [0, 0.05) is 19.5 Å². The molecule has 1 saturated carbocycles. The molecular formula is C40H71N11O9. The van der Waals surface area contributed by atoms with E-state index in [-0.39, 0.29) is 62.5 Å². The van der Waals surface area contributed by atoms with Gasteiger partial charge in [0.15, 0.2) is 5.96 Å². The van der Waals surface area contributed by atoms with Gasteiger partial charge in [-0.2, -0.15) is 0 Å². The Balaban J connectivity index is 2.23. The Morgan fingerprint density at radius 1 is 0.700 bits per heavy atom. The fraction of sp³-hybridized carbons (Fsp3) is 0.775. The second kappa shape index (κ2) is 25.6. The van der Waals surface area contributed by atoms with Crippen LogP contribution in [0, 0.1) is 17.8 Å². The number of nitrogens with one attached hydrogen (secondary N) is 5. The van der Waals surface area contributed by atoms with Gasteiger partial charge in [-0.1, -0.05) is 59.8 Å². The van der Waals surface area contributed by atoms with Crippen molar-refractivity contribution in [2.75, 3.05) is 13.1 Å². The number of nitrogens with zero attached hydrogens (tertiary/aromatic N) is 2. The fourth-order valence-electron chi connectivity index (χ4n) is 7.62. The summed E-state index contributed by atoms with van der Waals surface area (Å²) >= 11 is 0. The maximum absolute atomic E-state index is 14.1. The first-order valence-electron chi connectivity index (χ1n) is 21.3. The van der Waals surface area contributed by atoms with Crippen molar-refractivity contribution >= 4 is 53.2 Å². The van der Waals surface area contributed by atoms with Crippen LogP contribution in [-0.4, -0.2) is 119 Å². The van der Waals surface area contributed by atoms with E-state index in [0.29, 0.717) is 25.2 Å². The molecule has 1 aliphatic carbocycles. The number of primary amides is 2. The van der Waals surface area contributed by atoms with E-state index >= 15 is 0 Å². The standard InChI is InChI=1S/C40H71N11O9/c1-22(2)19-28(46-32(54)16-15-25-11-7-6-8-12-25)36(57)49-29(20-23(3)4)37(58)50-33(24(5)52)39(60)51-18-10-14-30(51)38(59)47-26(13-9-17-45-40(43)44)35(56)48-27(34(42)55)21-31(41)53/h22-30,33,52H,6-21H2,1-5H3,(H2,41,53)(H2,42,55)(H,46,54)(H,47,59)(H,48,56)(H,49,57)(H,50,58)(H4,43,44,45)/t24-,26-,27-,28-,29-,30-,33-/m0/s1. The van der Waals surface area contributed by atoms with E-state index in [2.05, 4.69) is 31.6 Å². The number of likely N-dealkylation sites (tertiary alicyclic amines) is 1. The third-order valence-electron chi connectivity index (χ3n) is 10.7. The summed E-state index contributed by atoms with van der Waals surface area (Å²) in [6.07, 6.45) is 6.03. The van der Waals surface area contributed by atoms with Gasteiger partial charge >= 0.3 is 0 Å². The van der Waals surface area contributed by atoms with E-state index in [4.69, 9.17) is 22.9 Å². The van der Waals surface area contributed by atoms with E-state index in [1.807, 2.05) is 27.7 Å². The Kier molecular flexibility index (Phi) is 21.8. The van der Waals surface area contributed by atoms with Crippen molar-refractivity contribution in [3.8, 4) is 0 Å². The Morgan fingerprint density at radius 3 is 1.82 bits per heavy atom. The molecular weight excluding hydrogens is 779 g/mol. The van der Waals surface area contributed by atoms with E-state index < -0.39 is 90.1 Å². The van der Waals surface area contributed by atoms with Crippen molar-refractivity contribution in [3.63, 3.8) is 0 Å². The summed E-state index contributed by atoms with van der Waals surface area (Å²) in [5.74, 6) is -5.51. The number of carbonyl (C=O) groups is 8. The van der Waals surface area contributed by atoms with Crippen molar-refractivity contribution < 1.29 is 43.5 Å². The van der Waals surface area contributed by atoms with Crippen LogP contribution in [0.4, 0.5) is 0 Å². The van der Waals surface area contributed by atoms with Crippen molar-refractivity contribution in [2.45, 2.75) is 167 Å². The number of aliphatic hydroxyl groups excluding tert-OH is 1. The van der Waals surface area contributed by atoms with Gasteiger partial charge in [0.1, 0.15) is 36.3 Å². The van der Waals surface area contributed by atoms with Gasteiger partial charge in [-0.25, -0.2) is 0 Å². The molecule has 0 bridgehead atoms. The van der Waals surface area contributed by atoms with Crippen LogP contribution in [0.2, 0.25) is 0 Å². The summed E-state index contributed by atoms with van der Waals surface area (Å²) in [5.41, 5.74) is 21.3. The zero-order valence-corrected chi connectivity index (χ0v) is 36.0. The predicted octanol–water partition coefficient (Wildman–Crippen LogP) is -1.35. The van der Waals surface area contributed by atoms with Gasteiger partial charge in [0.05, 0.1) is 12.5 Å². The monoisotopic (exact) mass is 850 g/mol. The zero-order valence-electron chi connectivity index (χ0n) is 36.0. The average Bonchev–Trinajstić information content (AvgIpc) is 3.66. The normalized spacial score (nSPS) is 18.6. The molecule has 0 unspecified atom stereocenters. The molecule has 0 aromatic heterocycles. The Hall–Kier alpha value is -5.01. The molecule has 60 heavy (non-hydrogen) atoms. The van der Waals surface area contributed by atoms with Crippen molar-refractivity contribution in [3.05, 3.63) is 0 Å². The highest BCUT2D eigenvalue weighted by molar-refractivity contribution is 5.98. The number of carbonyl (C=O) groups excluding carboxylic acids is 8. The molecule has 20 nitrogen and oxygen atoms in total. The summed E-state index contributed by atoms with van der Waals surface area (Å²) in [7, 11) is 0. The first-order chi connectivity index (χ1) is 28.2. The quantitative estimate of drug-likeness (QED) is 0.0291. The topological polar surface area (TPSA) is 337 Å². The lowest BCUT2D eigenvalue weighted by Gasteiger charge is -2.32. The second-order valence-electron chi connectivity index (χ2n) is 17.0. The number of hydrogen-bond acceptors (Lipinski definition) is 10. The lowest BCUT2D eigenvalue weighted by atomic mass is 9.86. The molecule has 1 aliphatic heterocycles. The highest BCUT2D eigenvalue weighted by atomic mass is 16.3. The largest absolute Gasteiger partial charge is 0.391 e. The van der Waals surface area contributed by atoms with Gasteiger partial charge in [-0.15, -0.1) is 0 Å². The fourth-order valence-corrected chi connectivity index (χ4v) is 7.62. The SMILES string of the molecule is CC(C)C[C@H](NC(=O)CCC1CCCCC1)C(=O)N[C@@H](CC(C)C)C(=O)N[C@H](C(=O)N1CCC[C@H]1C(=O)N[C@@H](CCCN=C(N)N)C(=O)N[C@@H](CC(N)=O)C(N)=O)[C@H](C)O. The number of guanidine groups is 1. The Morgan fingerprint density at radius 2 is 1.27 bits per heavy atom. The minimum Gasteiger partial charge on any atom is -0.391 e. The molecule has 1 heterocycles. The smallest absolute Gasteiger partial charge is 0.248 e. The first-order valence-corrected chi connectivity index (χ1v) is 21.3. The first kappa shape index (κ1) is 51.1. The molecule has 14 N–H and O–H groups in total. The number of aliphatic imine (C=N–C) groups is 1.